The van der Waals surface area contributed by atoms with Crippen molar-refractivity contribution >= 4 is 53.5 Å². The lowest BCUT2D eigenvalue weighted by atomic mass is 10.2. The fourth-order valence-corrected chi connectivity index (χ4v) is 5.28. The molecule has 1 atom stereocenters. The van der Waals surface area contributed by atoms with Crippen molar-refractivity contribution in [2.45, 2.75) is 31.3 Å². The van der Waals surface area contributed by atoms with Crippen LogP contribution in [0.2, 0.25) is 0 Å². The molecule has 3 rings (SSSR count). The van der Waals surface area contributed by atoms with E-state index in [0.717, 1.165) is 32.5 Å². The summed E-state index contributed by atoms with van der Waals surface area (Å²) in [5, 5.41) is 3.72. The van der Waals surface area contributed by atoms with Crippen molar-refractivity contribution in [2.24, 2.45) is 0 Å². The molecule has 1 unspecified atom stereocenters. The van der Waals surface area contributed by atoms with Gasteiger partial charge in [0.1, 0.15) is 0 Å². The Morgan fingerprint density at radius 1 is 1.00 bits per heavy atom. The Bertz CT molecular complexity index is 437. The van der Waals surface area contributed by atoms with Crippen LogP contribution < -0.4 is 10.2 Å². The Morgan fingerprint density at radius 2 is 1.67 bits per heavy atom. The maximum absolute atomic E-state index is 3.72. The number of rotatable bonds is 3. The molecule has 1 aliphatic carbocycles. The van der Waals surface area contributed by atoms with Gasteiger partial charge in [0.15, 0.2) is 0 Å². The zero-order valence-corrected chi connectivity index (χ0v) is 14.7. The zero-order valence-electron chi connectivity index (χ0n) is 9.93. The molecule has 18 heavy (non-hydrogen) atoms. The van der Waals surface area contributed by atoms with Crippen LogP contribution in [-0.2, 0) is 0 Å². The van der Waals surface area contributed by atoms with E-state index in [1.807, 2.05) is 0 Å². The van der Waals surface area contributed by atoms with Crippen molar-refractivity contribution < 1.29 is 0 Å². The lowest BCUT2D eigenvalue weighted by Gasteiger charge is -2.22. The Labute approximate surface area is 133 Å². The first-order valence-electron chi connectivity index (χ1n) is 6.29. The summed E-state index contributed by atoms with van der Waals surface area (Å²) >= 11 is 10.9. The minimum Gasteiger partial charge on any atom is -0.368 e. The summed E-state index contributed by atoms with van der Waals surface area (Å²) in [7, 11) is 0. The second kappa shape index (κ2) is 5.43. The molecule has 0 aromatic heterocycles. The highest BCUT2D eigenvalue weighted by molar-refractivity contribution is 9.11. The van der Waals surface area contributed by atoms with Crippen molar-refractivity contribution in [2.75, 3.05) is 18.0 Å². The quantitative estimate of drug-likeness (QED) is 0.756. The number of halogens is 3. The molecule has 1 N–H and O–H groups in total. The minimum absolute atomic E-state index is 0.653. The third-order valence-electron chi connectivity index (χ3n) is 3.53. The number of benzene rings is 1. The van der Waals surface area contributed by atoms with E-state index in [-0.39, 0.29) is 0 Å². The Balaban J connectivity index is 1.75. The molecule has 5 heteroatoms. The highest BCUT2D eigenvalue weighted by Crippen LogP contribution is 2.38. The van der Waals surface area contributed by atoms with Crippen LogP contribution in [0.5, 0.6) is 0 Å². The van der Waals surface area contributed by atoms with Crippen molar-refractivity contribution in [3.8, 4) is 0 Å². The van der Waals surface area contributed by atoms with Gasteiger partial charge in [-0.1, -0.05) is 15.9 Å². The number of nitrogens with zero attached hydrogens (tertiary/aromatic N) is 1. The first kappa shape index (κ1) is 13.4. The SMILES string of the molecule is Brc1cc(Br)c(N2CCC(NC3CC3)C2)c(Br)c1. The van der Waals surface area contributed by atoms with Crippen LogP contribution in [0, 0.1) is 0 Å². The van der Waals surface area contributed by atoms with Gasteiger partial charge in [0.25, 0.3) is 0 Å². The average molecular weight is 439 g/mol. The van der Waals surface area contributed by atoms with Gasteiger partial charge in [-0.2, -0.15) is 0 Å². The van der Waals surface area contributed by atoms with E-state index in [9.17, 15) is 0 Å². The molecule has 1 aromatic carbocycles. The van der Waals surface area contributed by atoms with E-state index in [0.29, 0.717) is 6.04 Å². The van der Waals surface area contributed by atoms with Gasteiger partial charge in [0.05, 0.1) is 5.69 Å². The molecule has 98 valence electrons. The topological polar surface area (TPSA) is 15.3 Å². The number of anilines is 1. The molecule has 0 radical (unpaired) electrons. The molecule has 2 aliphatic rings. The molecule has 1 saturated carbocycles. The zero-order chi connectivity index (χ0) is 12.7. The van der Waals surface area contributed by atoms with Crippen LogP contribution in [0.15, 0.2) is 25.6 Å². The molecule has 0 bridgehead atoms. The minimum atomic E-state index is 0.653. The van der Waals surface area contributed by atoms with Crippen molar-refractivity contribution in [1.82, 2.24) is 5.32 Å². The summed E-state index contributed by atoms with van der Waals surface area (Å²) in [5.74, 6) is 0. The van der Waals surface area contributed by atoms with Crippen LogP contribution >= 0.6 is 47.8 Å². The highest BCUT2D eigenvalue weighted by atomic mass is 79.9. The fraction of sp³-hybridized carbons (Fsp3) is 0.538. The molecule has 1 aromatic rings. The number of nitrogens with one attached hydrogen (secondary N) is 1. The molecule has 2 fully saturated rings. The molecular formula is C13H15Br3N2. The standard InChI is InChI=1S/C13H15Br3N2/c14-8-5-11(15)13(12(16)6-8)18-4-3-10(7-18)17-9-1-2-9/h5-6,9-10,17H,1-4,7H2. The van der Waals surface area contributed by atoms with Crippen molar-refractivity contribution in [3.63, 3.8) is 0 Å². The van der Waals surface area contributed by atoms with Gasteiger partial charge in [-0.3, -0.25) is 0 Å². The molecule has 0 amide bonds. The van der Waals surface area contributed by atoms with Crippen molar-refractivity contribution in [1.29, 1.82) is 0 Å². The lowest BCUT2D eigenvalue weighted by molar-refractivity contribution is 0.548. The molecule has 0 spiro atoms. The highest BCUT2D eigenvalue weighted by Gasteiger charge is 2.30. The van der Waals surface area contributed by atoms with Crippen LogP contribution in [0.4, 0.5) is 5.69 Å². The van der Waals surface area contributed by atoms with E-state index in [2.05, 4.69) is 70.1 Å². The fourth-order valence-electron chi connectivity index (χ4n) is 2.52. The third-order valence-corrected chi connectivity index (χ3v) is 5.20. The molecule has 1 heterocycles. The van der Waals surface area contributed by atoms with Gasteiger partial charge in [-0.05, 0) is 63.3 Å². The van der Waals surface area contributed by atoms with Gasteiger partial charge in [-0.15, -0.1) is 0 Å². The van der Waals surface area contributed by atoms with E-state index >= 15 is 0 Å². The Kier molecular flexibility index (Phi) is 4.04. The predicted molar refractivity (Wildman–Crippen MR) is 86.3 cm³/mol. The molecule has 1 saturated heterocycles. The second-order valence-corrected chi connectivity index (χ2v) is 7.71. The van der Waals surface area contributed by atoms with Crippen LogP contribution in [-0.4, -0.2) is 25.2 Å². The summed E-state index contributed by atoms with van der Waals surface area (Å²) in [4.78, 5) is 2.46. The van der Waals surface area contributed by atoms with Gasteiger partial charge >= 0.3 is 0 Å². The third kappa shape index (κ3) is 2.94. The van der Waals surface area contributed by atoms with E-state index in [4.69, 9.17) is 0 Å². The molecule has 1 aliphatic heterocycles. The van der Waals surface area contributed by atoms with Gasteiger partial charge in [0.2, 0.25) is 0 Å². The summed E-state index contributed by atoms with van der Waals surface area (Å²) in [6.45, 7) is 2.23. The smallest absolute Gasteiger partial charge is 0.0656 e. The van der Waals surface area contributed by atoms with Crippen molar-refractivity contribution in [3.05, 3.63) is 25.6 Å². The molecular weight excluding hydrogens is 424 g/mol. The van der Waals surface area contributed by atoms with E-state index < -0.39 is 0 Å². The Morgan fingerprint density at radius 3 is 2.28 bits per heavy atom. The first-order valence-corrected chi connectivity index (χ1v) is 8.67. The Hall–Kier alpha value is 0.420. The largest absolute Gasteiger partial charge is 0.368 e. The first-order chi connectivity index (χ1) is 8.63. The van der Waals surface area contributed by atoms with Gasteiger partial charge in [-0.25, -0.2) is 0 Å². The summed E-state index contributed by atoms with van der Waals surface area (Å²) in [5.41, 5.74) is 1.28. The maximum Gasteiger partial charge on any atom is 0.0656 e. The van der Waals surface area contributed by atoms with E-state index in [1.165, 1.54) is 24.9 Å². The summed E-state index contributed by atoms with van der Waals surface area (Å²) in [6.07, 6.45) is 3.97. The average Bonchev–Trinajstić information content (AvgIpc) is 2.96. The van der Waals surface area contributed by atoms with Gasteiger partial charge in [0, 0.05) is 38.6 Å². The predicted octanol–water partition coefficient (Wildman–Crippen LogP) is 4.30. The molecule has 2 nitrogen and oxygen atoms in total. The van der Waals surface area contributed by atoms with Crippen LogP contribution in [0.25, 0.3) is 0 Å². The summed E-state index contributed by atoms with van der Waals surface area (Å²) < 4.78 is 3.39. The van der Waals surface area contributed by atoms with Gasteiger partial charge < -0.3 is 10.2 Å². The maximum atomic E-state index is 3.72. The number of hydrogen-bond donors (Lipinski definition) is 1. The monoisotopic (exact) mass is 436 g/mol. The van der Waals surface area contributed by atoms with Crippen LogP contribution in [0.1, 0.15) is 19.3 Å². The lowest BCUT2D eigenvalue weighted by Crippen LogP contribution is -2.34. The normalized spacial score (nSPS) is 23.7. The van der Waals surface area contributed by atoms with Crippen LogP contribution in [0.3, 0.4) is 0 Å². The van der Waals surface area contributed by atoms with E-state index in [1.54, 1.807) is 0 Å². The summed E-state index contributed by atoms with van der Waals surface area (Å²) in [6, 6.07) is 5.68. The second-order valence-electron chi connectivity index (χ2n) is 5.09. The number of hydrogen-bond acceptors (Lipinski definition) is 2.